The molecular formula is C19H20O4. The number of fused-ring (bicyclic) bond motifs is 1. The lowest BCUT2D eigenvalue weighted by molar-refractivity contribution is -0.124. The van der Waals surface area contributed by atoms with E-state index in [0.29, 0.717) is 19.8 Å². The predicted octanol–water partition coefficient (Wildman–Crippen LogP) is 2.91. The summed E-state index contributed by atoms with van der Waals surface area (Å²) in [4.78, 5) is 0. The zero-order valence-corrected chi connectivity index (χ0v) is 12.8. The Morgan fingerprint density at radius 3 is 2.13 bits per heavy atom. The van der Waals surface area contributed by atoms with Gasteiger partial charge in [0.05, 0.1) is 19.8 Å². The molecule has 23 heavy (non-hydrogen) atoms. The van der Waals surface area contributed by atoms with Crippen LogP contribution in [0.4, 0.5) is 0 Å². The third-order valence-electron chi connectivity index (χ3n) is 4.16. The van der Waals surface area contributed by atoms with E-state index < -0.39 is 0 Å². The second kappa shape index (κ2) is 6.81. The molecule has 0 aromatic heterocycles. The summed E-state index contributed by atoms with van der Waals surface area (Å²) in [6.07, 6.45) is -0.174. The zero-order chi connectivity index (χ0) is 15.5. The highest BCUT2D eigenvalue weighted by molar-refractivity contribution is 5.14. The average molecular weight is 312 g/mol. The molecule has 2 saturated heterocycles. The number of ether oxygens (including phenoxy) is 4. The van der Waals surface area contributed by atoms with Gasteiger partial charge in [0.2, 0.25) is 0 Å². The lowest BCUT2D eigenvalue weighted by Crippen LogP contribution is -2.34. The number of rotatable bonds is 7. The molecule has 0 spiro atoms. The minimum absolute atomic E-state index is 0.0593. The number of benzene rings is 2. The van der Waals surface area contributed by atoms with Crippen molar-refractivity contribution in [2.45, 2.75) is 37.8 Å². The molecule has 0 unspecified atom stereocenters. The lowest BCUT2D eigenvalue weighted by atomic mass is 10.2. The monoisotopic (exact) mass is 312 g/mol. The van der Waals surface area contributed by atoms with Crippen molar-refractivity contribution in [2.75, 3.05) is 6.61 Å². The van der Waals surface area contributed by atoms with Crippen molar-refractivity contribution in [1.82, 2.24) is 0 Å². The fourth-order valence-electron chi connectivity index (χ4n) is 2.88. The minimum Gasteiger partial charge on any atom is -0.374 e. The predicted molar refractivity (Wildman–Crippen MR) is 84.7 cm³/mol. The standard InChI is InChI=1S/C19H20O4/c1-3-7-14(8-4-1)11-20-13-16-17(18-19(22-16)23-18)21-12-15-9-5-2-6-10-15/h1-10,16-19H,11-13H2/t16-,17-,18-,19-/m0/s1. The summed E-state index contributed by atoms with van der Waals surface area (Å²) in [5, 5.41) is 0. The van der Waals surface area contributed by atoms with Crippen molar-refractivity contribution in [3.05, 3.63) is 71.8 Å². The normalized spacial score (nSPS) is 28.5. The van der Waals surface area contributed by atoms with Gasteiger partial charge in [0.25, 0.3) is 0 Å². The summed E-state index contributed by atoms with van der Waals surface area (Å²) in [5.41, 5.74) is 2.31. The van der Waals surface area contributed by atoms with Crippen LogP contribution < -0.4 is 0 Å². The van der Waals surface area contributed by atoms with Crippen molar-refractivity contribution in [2.24, 2.45) is 0 Å². The van der Waals surface area contributed by atoms with Gasteiger partial charge in [0, 0.05) is 0 Å². The molecule has 4 rings (SSSR count). The molecule has 0 radical (unpaired) electrons. The molecule has 2 heterocycles. The van der Waals surface area contributed by atoms with Crippen LogP contribution in [0.5, 0.6) is 0 Å². The van der Waals surface area contributed by atoms with E-state index in [4.69, 9.17) is 18.9 Å². The van der Waals surface area contributed by atoms with Crippen molar-refractivity contribution in [1.29, 1.82) is 0 Å². The quantitative estimate of drug-likeness (QED) is 0.737. The van der Waals surface area contributed by atoms with Crippen LogP contribution in [0.1, 0.15) is 11.1 Å². The van der Waals surface area contributed by atoms with Crippen molar-refractivity contribution < 1.29 is 18.9 Å². The molecule has 0 N–H and O–H groups in total. The SMILES string of the molecule is c1ccc(COC[C@@H]2O[C@H]3O[C@H]3[C@H]2OCc2ccccc2)cc1. The van der Waals surface area contributed by atoms with Gasteiger partial charge in [0.15, 0.2) is 6.29 Å². The number of hydrogen-bond donors (Lipinski definition) is 0. The Morgan fingerprint density at radius 2 is 1.43 bits per heavy atom. The smallest absolute Gasteiger partial charge is 0.187 e. The molecule has 4 atom stereocenters. The summed E-state index contributed by atoms with van der Waals surface area (Å²) in [6, 6.07) is 20.3. The van der Waals surface area contributed by atoms with E-state index in [1.807, 2.05) is 36.4 Å². The molecule has 0 saturated carbocycles. The highest BCUT2D eigenvalue weighted by Gasteiger charge is 2.58. The molecule has 2 aromatic rings. The molecule has 2 aliphatic rings. The van der Waals surface area contributed by atoms with Crippen LogP contribution in [-0.4, -0.2) is 31.2 Å². The van der Waals surface area contributed by atoms with E-state index in [1.54, 1.807) is 0 Å². The first-order valence-corrected chi connectivity index (χ1v) is 7.98. The average Bonchev–Trinajstić information content (AvgIpc) is 3.28. The van der Waals surface area contributed by atoms with Crippen molar-refractivity contribution >= 4 is 0 Å². The summed E-state index contributed by atoms with van der Waals surface area (Å²) < 4.78 is 23.1. The molecule has 120 valence electrons. The molecule has 0 amide bonds. The highest BCUT2D eigenvalue weighted by Crippen LogP contribution is 2.39. The Kier molecular flexibility index (Phi) is 4.39. The zero-order valence-electron chi connectivity index (χ0n) is 12.8. The minimum atomic E-state index is -0.110. The van der Waals surface area contributed by atoms with Crippen LogP contribution >= 0.6 is 0 Å². The summed E-state index contributed by atoms with van der Waals surface area (Å²) >= 11 is 0. The number of hydrogen-bond acceptors (Lipinski definition) is 4. The van der Waals surface area contributed by atoms with Crippen molar-refractivity contribution in [3.8, 4) is 0 Å². The fourth-order valence-corrected chi connectivity index (χ4v) is 2.88. The largest absolute Gasteiger partial charge is 0.374 e. The second-order valence-corrected chi connectivity index (χ2v) is 5.91. The first-order valence-electron chi connectivity index (χ1n) is 7.98. The Hall–Kier alpha value is -1.72. The van der Waals surface area contributed by atoms with Gasteiger partial charge in [-0.2, -0.15) is 0 Å². The third-order valence-corrected chi connectivity index (χ3v) is 4.16. The van der Waals surface area contributed by atoms with E-state index in [2.05, 4.69) is 24.3 Å². The topological polar surface area (TPSA) is 40.2 Å². The van der Waals surface area contributed by atoms with E-state index in [1.165, 1.54) is 0 Å². The molecular weight excluding hydrogens is 292 g/mol. The highest BCUT2D eigenvalue weighted by atomic mass is 16.8. The maximum atomic E-state index is 6.03. The van der Waals surface area contributed by atoms with E-state index in [-0.39, 0.29) is 24.6 Å². The third kappa shape index (κ3) is 3.62. The molecule has 4 heteroatoms. The maximum Gasteiger partial charge on any atom is 0.187 e. The Labute approximate surface area is 135 Å². The first-order chi connectivity index (χ1) is 11.4. The summed E-state index contributed by atoms with van der Waals surface area (Å²) in [6.45, 7) is 1.67. The van der Waals surface area contributed by atoms with Crippen LogP contribution in [-0.2, 0) is 32.2 Å². The fraction of sp³-hybridized carbons (Fsp3) is 0.368. The molecule has 0 bridgehead atoms. The summed E-state index contributed by atoms with van der Waals surface area (Å²) in [5.74, 6) is 0. The van der Waals surface area contributed by atoms with Gasteiger partial charge in [-0.15, -0.1) is 0 Å². The summed E-state index contributed by atoms with van der Waals surface area (Å²) in [7, 11) is 0. The van der Waals surface area contributed by atoms with Crippen LogP contribution in [0.25, 0.3) is 0 Å². The van der Waals surface area contributed by atoms with Crippen LogP contribution in [0, 0.1) is 0 Å². The van der Waals surface area contributed by atoms with Crippen molar-refractivity contribution in [3.63, 3.8) is 0 Å². The van der Waals surface area contributed by atoms with E-state index in [0.717, 1.165) is 11.1 Å². The van der Waals surface area contributed by atoms with Gasteiger partial charge in [-0.3, -0.25) is 0 Å². The van der Waals surface area contributed by atoms with Gasteiger partial charge >= 0.3 is 0 Å². The van der Waals surface area contributed by atoms with Crippen LogP contribution in [0.15, 0.2) is 60.7 Å². The van der Waals surface area contributed by atoms with E-state index in [9.17, 15) is 0 Å². The van der Waals surface area contributed by atoms with Crippen LogP contribution in [0.3, 0.4) is 0 Å². The Balaban J connectivity index is 1.28. The van der Waals surface area contributed by atoms with Gasteiger partial charge in [-0.25, -0.2) is 0 Å². The molecule has 2 aliphatic heterocycles. The number of epoxide rings is 1. The van der Waals surface area contributed by atoms with Gasteiger partial charge in [0.1, 0.15) is 18.3 Å². The van der Waals surface area contributed by atoms with E-state index >= 15 is 0 Å². The second-order valence-electron chi connectivity index (χ2n) is 5.91. The van der Waals surface area contributed by atoms with Gasteiger partial charge in [-0.05, 0) is 11.1 Å². The molecule has 2 aromatic carbocycles. The Bertz CT molecular complexity index is 616. The molecule has 2 fully saturated rings. The molecule has 4 nitrogen and oxygen atoms in total. The Morgan fingerprint density at radius 1 is 0.783 bits per heavy atom. The molecule has 0 aliphatic carbocycles. The maximum absolute atomic E-state index is 6.03. The lowest BCUT2D eigenvalue weighted by Gasteiger charge is -2.21. The van der Waals surface area contributed by atoms with Gasteiger partial charge in [-0.1, -0.05) is 60.7 Å². The first kappa shape index (κ1) is 14.8. The van der Waals surface area contributed by atoms with Gasteiger partial charge < -0.3 is 18.9 Å². The van der Waals surface area contributed by atoms with Crippen LogP contribution in [0.2, 0.25) is 0 Å².